The molecule has 0 saturated carbocycles. The number of alkyl halides is 9. The second-order valence-corrected chi connectivity index (χ2v) is 10.0. The minimum absolute atomic E-state index is 0.0541. The molecule has 0 heterocycles. The van der Waals surface area contributed by atoms with Crippen LogP contribution in [0.25, 0.3) is 0 Å². The lowest BCUT2D eigenvalue weighted by molar-refractivity contribution is -0.382. The van der Waals surface area contributed by atoms with E-state index < -0.39 is 55.9 Å². The van der Waals surface area contributed by atoms with Gasteiger partial charge in [0.25, 0.3) is 0 Å². The molecule has 0 amide bonds. The lowest BCUT2D eigenvalue weighted by Gasteiger charge is -2.34. The van der Waals surface area contributed by atoms with Crippen molar-refractivity contribution in [2.75, 3.05) is 0 Å². The van der Waals surface area contributed by atoms with E-state index in [-0.39, 0.29) is 5.75 Å². The molecule has 2 aromatic rings. The number of hydrogen-bond acceptors (Lipinski definition) is 5. The summed E-state index contributed by atoms with van der Waals surface area (Å²) < 4.78 is 170. The van der Waals surface area contributed by atoms with Crippen molar-refractivity contribution >= 4 is 21.5 Å². The van der Waals surface area contributed by atoms with E-state index in [1.54, 1.807) is 26.0 Å². The molecule has 0 aliphatic carbocycles. The Morgan fingerprint density at radius 2 is 1.13 bits per heavy atom. The van der Waals surface area contributed by atoms with Gasteiger partial charge in [-0.3, -0.25) is 4.55 Å². The van der Waals surface area contributed by atoms with Gasteiger partial charge in [-0.05, 0) is 48.2 Å². The predicted octanol–water partition coefficient (Wildman–Crippen LogP) is 6.44. The SMILES string of the molecule is CCC(CC)(c1ccc(OS(=O)O)cc1)c1ccc(OS(=O)(=O)C(F)(F)C(F)(F)C(F)(F)C(F)(F)F)cc1. The van der Waals surface area contributed by atoms with Crippen molar-refractivity contribution in [3.63, 3.8) is 0 Å². The van der Waals surface area contributed by atoms with E-state index in [4.69, 9.17) is 4.55 Å². The molecule has 0 fully saturated rings. The van der Waals surface area contributed by atoms with Gasteiger partial charge in [0.2, 0.25) is 0 Å². The molecule has 0 bridgehead atoms. The molecule has 1 unspecified atom stereocenters. The third-order valence-electron chi connectivity index (χ3n) is 5.82. The molecule has 2 rings (SSSR count). The van der Waals surface area contributed by atoms with Crippen LogP contribution in [-0.2, 0) is 26.9 Å². The summed E-state index contributed by atoms with van der Waals surface area (Å²) in [6.45, 7) is 3.52. The van der Waals surface area contributed by atoms with E-state index in [0.29, 0.717) is 24.0 Å². The number of hydrogen-bond donors (Lipinski definition) is 1. The fraction of sp³-hybridized carbons (Fsp3) is 0.429. The van der Waals surface area contributed by atoms with Gasteiger partial charge in [-0.25, -0.2) is 0 Å². The first-order valence-electron chi connectivity index (χ1n) is 10.3. The van der Waals surface area contributed by atoms with Crippen molar-refractivity contribution < 1.29 is 65.1 Å². The molecule has 0 aromatic heterocycles. The van der Waals surface area contributed by atoms with Gasteiger partial charge in [0.15, 0.2) is 0 Å². The summed E-state index contributed by atoms with van der Waals surface area (Å²) >= 11 is -2.58. The molecular weight excluding hydrogens is 583 g/mol. The number of halogens is 9. The summed E-state index contributed by atoms with van der Waals surface area (Å²) in [5.41, 5.74) is 0.229. The van der Waals surface area contributed by atoms with E-state index in [9.17, 15) is 52.1 Å². The summed E-state index contributed by atoms with van der Waals surface area (Å²) in [7, 11) is -7.06. The summed E-state index contributed by atoms with van der Waals surface area (Å²) in [6.07, 6.45) is -6.41. The number of rotatable bonds is 11. The molecule has 214 valence electrons. The molecule has 6 nitrogen and oxygen atoms in total. The minimum Gasteiger partial charge on any atom is -0.380 e. The van der Waals surface area contributed by atoms with Crippen LogP contribution in [0.1, 0.15) is 37.8 Å². The minimum atomic E-state index is -7.41. The standard InChI is InChI=1S/C21H19F9O6S2/c1-3-17(4-2,13-5-9-15(10-6-13)35-37(31)32)14-7-11-16(12-8-14)36-38(33,34)21(29,30)19(24,25)18(22,23)20(26,27)28/h5-12H,3-4H2,1-2H3,(H,31,32). The van der Waals surface area contributed by atoms with Gasteiger partial charge >= 0.3 is 44.8 Å². The highest BCUT2D eigenvalue weighted by Crippen LogP contribution is 2.55. The maximum atomic E-state index is 13.9. The maximum absolute atomic E-state index is 13.9. The Kier molecular flexibility index (Phi) is 8.81. The van der Waals surface area contributed by atoms with E-state index in [1.165, 1.54) is 12.1 Å². The molecular formula is C21H19F9O6S2. The summed E-state index contributed by atoms with van der Waals surface area (Å²) in [5.74, 6) is -15.8. The molecule has 1 N–H and O–H groups in total. The third kappa shape index (κ3) is 5.45. The van der Waals surface area contributed by atoms with Crippen molar-refractivity contribution in [2.45, 2.75) is 55.4 Å². The van der Waals surface area contributed by atoms with Gasteiger partial charge in [0, 0.05) is 5.41 Å². The maximum Gasteiger partial charge on any atom is 0.460 e. The Hall–Kier alpha value is -2.53. The monoisotopic (exact) mass is 602 g/mol. The van der Waals surface area contributed by atoms with Crippen LogP contribution in [0.3, 0.4) is 0 Å². The number of benzene rings is 2. The van der Waals surface area contributed by atoms with Crippen LogP contribution in [-0.4, -0.2) is 40.5 Å². The Balaban J connectivity index is 2.42. The summed E-state index contributed by atoms with van der Waals surface area (Å²) in [6, 6.07) is 9.64. The van der Waals surface area contributed by atoms with Gasteiger partial charge in [-0.1, -0.05) is 38.1 Å². The first kappa shape index (κ1) is 31.7. The van der Waals surface area contributed by atoms with E-state index in [1.807, 2.05) is 0 Å². The summed E-state index contributed by atoms with van der Waals surface area (Å²) in [5, 5.41) is -6.98. The average Bonchev–Trinajstić information content (AvgIpc) is 2.80. The molecule has 2 aromatic carbocycles. The first-order valence-corrected chi connectivity index (χ1v) is 12.8. The second kappa shape index (κ2) is 10.6. The molecule has 0 radical (unpaired) electrons. The second-order valence-electron chi connectivity index (χ2n) is 7.84. The van der Waals surface area contributed by atoms with Crippen molar-refractivity contribution in [3.05, 3.63) is 59.7 Å². The van der Waals surface area contributed by atoms with Gasteiger partial charge in [0.1, 0.15) is 11.5 Å². The van der Waals surface area contributed by atoms with Gasteiger partial charge in [-0.15, -0.1) is 0 Å². The van der Waals surface area contributed by atoms with E-state index >= 15 is 0 Å². The zero-order valence-electron chi connectivity index (χ0n) is 19.2. The normalized spacial score (nSPS) is 14.7. The van der Waals surface area contributed by atoms with Crippen LogP contribution in [0.15, 0.2) is 48.5 Å². The van der Waals surface area contributed by atoms with Crippen LogP contribution >= 0.6 is 0 Å². The van der Waals surface area contributed by atoms with Crippen LogP contribution in [0, 0.1) is 0 Å². The molecule has 0 aliphatic rings. The zero-order valence-corrected chi connectivity index (χ0v) is 20.9. The molecule has 38 heavy (non-hydrogen) atoms. The van der Waals surface area contributed by atoms with Gasteiger partial charge in [-0.2, -0.15) is 52.1 Å². The average molecular weight is 602 g/mol. The fourth-order valence-corrected chi connectivity index (χ4v) is 4.86. The molecule has 0 saturated heterocycles. The summed E-state index contributed by atoms with van der Waals surface area (Å²) in [4.78, 5) is 0. The molecule has 17 heteroatoms. The highest BCUT2D eigenvalue weighted by molar-refractivity contribution is 7.88. The largest absolute Gasteiger partial charge is 0.460 e. The first-order chi connectivity index (χ1) is 17.2. The van der Waals surface area contributed by atoms with Crippen molar-refractivity contribution in [1.82, 2.24) is 0 Å². The molecule has 0 aliphatic heterocycles. The van der Waals surface area contributed by atoms with Crippen LogP contribution in [0.5, 0.6) is 11.5 Å². The van der Waals surface area contributed by atoms with Crippen molar-refractivity contribution in [3.8, 4) is 11.5 Å². The lowest BCUT2D eigenvalue weighted by Crippen LogP contribution is -2.63. The smallest absolute Gasteiger partial charge is 0.380 e. The molecule has 0 spiro atoms. The van der Waals surface area contributed by atoms with Crippen LogP contribution < -0.4 is 8.37 Å². The lowest BCUT2D eigenvalue weighted by atomic mass is 9.70. The Morgan fingerprint density at radius 3 is 1.47 bits per heavy atom. The predicted molar refractivity (Wildman–Crippen MR) is 116 cm³/mol. The highest BCUT2D eigenvalue weighted by Gasteiger charge is 2.86. The third-order valence-corrected chi connectivity index (χ3v) is 7.46. The zero-order chi connectivity index (χ0) is 29.4. The van der Waals surface area contributed by atoms with E-state index in [2.05, 4.69) is 8.37 Å². The van der Waals surface area contributed by atoms with Crippen molar-refractivity contribution in [1.29, 1.82) is 0 Å². The quantitative estimate of drug-likeness (QED) is 0.181. The van der Waals surface area contributed by atoms with Crippen LogP contribution in [0.2, 0.25) is 0 Å². The highest BCUT2D eigenvalue weighted by atomic mass is 32.2. The Labute approximate surface area is 213 Å². The van der Waals surface area contributed by atoms with Crippen molar-refractivity contribution in [2.24, 2.45) is 0 Å². The van der Waals surface area contributed by atoms with Crippen LogP contribution in [0.4, 0.5) is 39.5 Å². The van der Waals surface area contributed by atoms with Gasteiger partial charge < -0.3 is 8.37 Å². The topological polar surface area (TPSA) is 89.9 Å². The Morgan fingerprint density at radius 1 is 0.737 bits per heavy atom. The fourth-order valence-electron chi connectivity index (χ4n) is 3.67. The Bertz CT molecular complexity index is 1240. The van der Waals surface area contributed by atoms with Gasteiger partial charge in [0.05, 0.1) is 0 Å². The van der Waals surface area contributed by atoms with E-state index in [0.717, 1.165) is 24.3 Å². The molecule has 1 atom stereocenters.